The largest absolute Gasteiger partial charge is 0.365 e. The molecule has 2 aromatic carbocycles. The van der Waals surface area contributed by atoms with Gasteiger partial charge in [-0.15, -0.1) is 24.0 Å². The number of benzene rings is 2. The summed E-state index contributed by atoms with van der Waals surface area (Å²) in [7, 11) is 1.68. The highest BCUT2D eigenvalue weighted by Gasteiger charge is 2.27. The van der Waals surface area contributed by atoms with Crippen LogP contribution in [0.3, 0.4) is 0 Å². The molecule has 0 aliphatic carbocycles. The van der Waals surface area contributed by atoms with Crippen LogP contribution in [0.2, 0.25) is 0 Å². The van der Waals surface area contributed by atoms with E-state index in [1.54, 1.807) is 11.9 Å². The summed E-state index contributed by atoms with van der Waals surface area (Å²) in [6.07, 6.45) is 2.04. The molecular weight excluding hydrogens is 527 g/mol. The average Bonchev–Trinajstić information content (AvgIpc) is 3.19. The molecule has 174 valence electrons. The summed E-state index contributed by atoms with van der Waals surface area (Å²) in [6.45, 7) is 3.54. The van der Waals surface area contributed by atoms with E-state index in [1.165, 1.54) is 18.2 Å². The van der Waals surface area contributed by atoms with E-state index in [0.717, 1.165) is 24.1 Å². The molecule has 0 spiro atoms. The van der Waals surface area contributed by atoms with E-state index in [9.17, 15) is 13.6 Å². The number of carbonyl (C=O) groups is 1. The first-order valence-corrected chi connectivity index (χ1v) is 10.5. The van der Waals surface area contributed by atoms with Gasteiger partial charge in [-0.1, -0.05) is 25.1 Å². The monoisotopic (exact) mass is 557 g/mol. The number of halogens is 3. The summed E-state index contributed by atoms with van der Waals surface area (Å²) in [6, 6.07) is 11.6. The Hall–Kier alpha value is -2.43. The Morgan fingerprint density at radius 2 is 1.91 bits per heavy atom. The van der Waals surface area contributed by atoms with E-state index in [-0.39, 0.29) is 41.6 Å². The molecule has 1 heterocycles. The van der Waals surface area contributed by atoms with Crippen LogP contribution < -0.4 is 20.9 Å². The van der Waals surface area contributed by atoms with Gasteiger partial charge in [0.15, 0.2) is 5.96 Å². The predicted octanol–water partition coefficient (Wildman–Crippen LogP) is 4.27. The van der Waals surface area contributed by atoms with Gasteiger partial charge in [0.05, 0.1) is 0 Å². The molecule has 1 atom stereocenters. The molecule has 0 aromatic heterocycles. The standard InChI is InChI=1S/C23H29F2N5O.HI/c1-3-6-21(31)28-17-8-4-7-16(13-17)14-27-23(26-2)29-18-11-12-30(15-18)22-19(24)9-5-10-20(22)25;/h4-5,7-10,13,18H,3,6,11-12,14-15H2,1-2H3,(H,28,31)(H2,26,27,29);1H. The maximum Gasteiger partial charge on any atom is 0.224 e. The van der Waals surface area contributed by atoms with Gasteiger partial charge < -0.3 is 20.9 Å². The van der Waals surface area contributed by atoms with Gasteiger partial charge >= 0.3 is 0 Å². The first kappa shape index (κ1) is 25.8. The number of hydrogen-bond donors (Lipinski definition) is 3. The molecule has 1 saturated heterocycles. The molecule has 1 unspecified atom stereocenters. The fourth-order valence-electron chi connectivity index (χ4n) is 3.66. The minimum absolute atomic E-state index is 0. The number of anilines is 2. The third kappa shape index (κ3) is 7.04. The van der Waals surface area contributed by atoms with Crippen molar-refractivity contribution < 1.29 is 13.6 Å². The fraction of sp³-hybridized carbons (Fsp3) is 0.391. The molecule has 0 bridgehead atoms. The zero-order valence-corrected chi connectivity index (χ0v) is 20.7. The third-order valence-electron chi connectivity index (χ3n) is 5.15. The van der Waals surface area contributed by atoms with Crippen molar-refractivity contribution in [2.24, 2.45) is 4.99 Å². The van der Waals surface area contributed by atoms with Crippen molar-refractivity contribution >= 4 is 47.2 Å². The van der Waals surface area contributed by atoms with Crippen molar-refractivity contribution in [1.82, 2.24) is 10.6 Å². The number of nitrogens with zero attached hydrogens (tertiary/aromatic N) is 2. The lowest BCUT2D eigenvalue weighted by molar-refractivity contribution is -0.116. The van der Waals surface area contributed by atoms with Crippen LogP contribution in [0.1, 0.15) is 31.7 Å². The molecule has 1 fully saturated rings. The van der Waals surface area contributed by atoms with Crippen LogP contribution in [0, 0.1) is 11.6 Å². The molecule has 3 N–H and O–H groups in total. The van der Waals surface area contributed by atoms with E-state index < -0.39 is 11.6 Å². The van der Waals surface area contributed by atoms with Gasteiger partial charge in [0.25, 0.3) is 0 Å². The number of amides is 1. The smallest absolute Gasteiger partial charge is 0.224 e. The Balaban J connectivity index is 0.00000363. The van der Waals surface area contributed by atoms with Crippen molar-refractivity contribution in [2.45, 2.75) is 38.8 Å². The van der Waals surface area contributed by atoms with Crippen molar-refractivity contribution in [2.75, 3.05) is 30.4 Å². The molecule has 3 rings (SSSR count). The Morgan fingerprint density at radius 3 is 2.59 bits per heavy atom. The SMILES string of the molecule is CCCC(=O)Nc1cccc(CNC(=NC)NC2CCN(c3c(F)cccc3F)C2)c1.I. The van der Waals surface area contributed by atoms with Crippen LogP contribution in [-0.4, -0.2) is 38.0 Å². The predicted molar refractivity (Wildman–Crippen MR) is 136 cm³/mol. The van der Waals surface area contributed by atoms with E-state index in [4.69, 9.17) is 0 Å². The van der Waals surface area contributed by atoms with Gasteiger partial charge in [-0.2, -0.15) is 0 Å². The normalized spacial score (nSPS) is 15.8. The van der Waals surface area contributed by atoms with E-state index >= 15 is 0 Å². The molecule has 1 aliphatic rings. The highest BCUT2D eigenvalue weighted by atomic mass is 127. The number of para-hydroxylation sites is 1. The van der Waals surface area contributed by atoms with Crippen LogP contribution in [0.5, 0.6) is 0 Å². The van der Waals surface area contributed by atoms with Gasteiger partial charge in [-0.05, 0) is 42.7 Å². The van der Waals surface area contributed by atoms with Gasteiger partial charge in [-0.3, -0.25) is 9.79 Å². The van der Waals surface area contributed by atoms with Gasteiger partial charge in [0, 0.05) is 44.8 Å². The maximum absolute atomic E-state index is 14.1. The number of guanidine groups is 1. The lowest BCUT2D eigenvalue weighted by Gasteiger charge is -2.21. The summed E-state index contributed by atoms with van der Waals surface area (Å²) in [5.41, 5.74) is 1.79. The highest BCUT2D eigenvalue weighted by Crippen LogP contribution is 2.26. The molecule has 0 saturated carbocycles. The Bertz CT molecular complexity index is 920. The average molecular weight is 557 g/mol. The lowest BCUT2D eigenvalue weighted by Crippen LogP contribution is -2.44. The second-order valence-corrected chi connectivity index (χ2v) is 7.57. The van der Waals surface area contributed by atoms with Crippen LogP contribution in [-0.2, 0) is 11.3 Å². The second-order valence-electron chi connectivity index (χ2n) is 7.57. The van der Waals surface area contributed by atoms with Crippen molar-refractivity contribution in [3.63, 3.8) is 0 Å². The molecule has 1 aliphatic heterocycles. The molecule has 9 heteroatoms. The van der Waals surface area contributed by atoms with E-state index in [1.807, 2.05) is 31.2 Å². The van der Waals surface area contributed by atoms with Crippen molar-refractivity contribution in [3.05, 3.63) is 59.7 Å². The first-order valence-electron chi connectivity index (χ1n) is 10.5. The zero-order chi connectivity index (χ0) is 22.2. The molecular formula is C23H30F2IN5O. The van der Waals surface area contributed by atoms with Gasteiger partial charge in [0.2, 0.25) is 5.91 Å². The van der Waals surface area contributed by atoms with Gasteiger partial charge in [0.1, 0.15) is 17.3 Å². The number of nitrogens with one attached hydrogen (secondary N) is 3. The van der Waals surface area contributed by atoms with Crippen LogP contribution >= 0.6 is 24.0 Å². The summed E-state index contributed by atoms with van der Waals surface area (Å²) in [5, 5.41) is 9.47. The van der Waals surface area contributed by atoms with E-state index in [2.05, 4.69) is 20.9 Å². The Morgan fingerprint density at radius 1 is 1.19 bits per heavy atom. The molecule has 6 nitrogen and oxygen atoms in total. The topological polar surface area (TPSA) is 68.8 Å². The number of aliphatic imine (C=N–C) groups is 1. The number of hydrogen-bond acceptors (Lipinski definition) is 3. The minimum atomic E-state index is -0.547. The molecule has 1 amide bonds. The summed E-state index contributed by atoms with van der Waals surface area (Å²) in [4.78, 5) is 17.8. The summed E-state index contributed by atoms with van der Waals surface area (Å²) in [5.74, 6) is -0.480. The minimum Gasteiger partial charge on any atom is -0.365 e. The molecule has 32 heavy (non-hydrogen) atoms. The molecule has 2 aromatic rings. The summed E-state index contributed by atoms with van der Waals surface area (Å²) >= 11 is 0. The van der Waals surface area contributed by atoms with E-state index in [0.29, 0.717) is 32.0 Å². The first-order chi connectivity index (χ1) is 15.0. The zero-order valence-electron chi connectivity index (χ0n) is 18.3. The number of carbonyl (C=O) groups excluding carboxylic acids is 1. The Kier molecular flexibility index (Phi) is 10.1. The fourth-order valence-corrected chi connectivity index (χ4v) is 3.66. The van der Waals surface area contributed by atoms with Gasteiger partial charge in [-0.25, -0.2) is 8.78 Å². The van der Waals surface area contributed by atoms with Crippen LogP contribution in [0.4, 0.5) is 20.2 Å². The molecule has 0 radical (unpaired) electrons. The maximum atomic E-state index is 14.1. The Labute approximate surface area is 204 Å². The van der Waals surface area contributed by atoms with Crippen molar-refractivity contribution in [3.8, 4) is 0 Å². The van der Waals surface area contributed by atoms with Crippen LogP contribution in [0.15, 0.2) is 47.5 Å². The second kappa shape index (κ2) is 12.6. The van der Waals surface area contributed by atoms with Crippen LogP contribution in [0.25, 0.3) is 0 Å². The number of rotatable bonds is 7. The summed E-state index contributed by atoms with van der Waals surface area (Å²) < 4.78 is 28.1. The highest BCUT2D eigenvalue weighted by molar-refractivity contribution is 14.0. The lowest BCUT2D eigenvalue weighted by atomic mass is 10.2. The van der Waals surface area contributed by atoms with Crippen molar-refractivity contribution in [1.29, 1.82) is 0 Å². The third-order valence-corrected chi connectivity index (χ3v) is 5.15. The quantitative estimate of drug-likeness (QED) is 0.271.